The Hall–Kier alpha value is -1.63. The fourth-order valence-corrected chi connectivity index (χ4v) is 3.02. The van der Waals surface area contributed by atoms with Crippen LogP contribution in [0.25, 0.3) is 0 Å². The Labute approximate surface area is 157 Å². The average molecular weight is 370 g/mol. The summed E-state index contributed by atoms with van der Waals surface area (Å²) in [4.78, 5) is 37.8. The molecule has 1 aliphatic heterocycles. The Balaban J connectivity index is 2.27. The van der Waals surface area contributed by atoms with E-state index in [1.807, 2.05) is 18.7 Å². The topological polar surface area (TPSA) is 87.7 Å². The van der Waals surface area contributed by atoms with Crippen molar-refractivity contribution < 1.29 is 19.1 Å². The number of esters is 1. The van der Waals surface area contributed by atoms with Gasteiger partial charge in [-0.1, -0.05) is 26.7 Å². The molecule has 1 rings (SSSR count). The Morgan fingerprint density at radius 1 is 1.23 bits per heavy atom. The molecule has 26 heavy (non-hydrogen) atoms. The minimum atomic E-state index is -0.472. The van der Waals surface area contributed by atoms with Crippen molar-refractivity contribution in [3.05, 3.63) is 0 Å². The summed E-state index contributed by atoms with van der Waals surface area (Å²) in [6.07, 6.45) is 5.36. The molecule has 2 amide bonds. The first kappa shape index (κ1) is 22.4. The number of hydrogen-bond donors (Lipinski definition) is 2. The second-order valence-corrected chi connectivity index (χ2v) is 6.89. The van der Waals surface area contributed by atoms with Gasteiger partial charge in [-0.15, -0.1) is 0 Å². The molecule has 0 aromatic carbocycles. The number of nitrogens with zero attached hydrogens (tertiary/aromatic N) is 1. The zero-order valence-corrected chi connectivity index (χ0v) is 16.5. The SMILES string of the molecule is CCOC(=O)[C@H](NCC(=O)NCCCN1CCCCCC1=O)[C@@H](C)CC. The van der Waals surface area contributed by atoms with E-state index < -0.39 is 6.04 Å². The van der Waals surface area contributed by atoms with Gasteiger partial charge in [0.2, 0.25) is 11.8 Å². The highest BCUT2D eigenvalue weighted by Gasteiger charge is 2.25. The summed E-state index contributed by atoms with van der Waals surface area (Å²) in [5.74, 6) is -0.142. The Morgan fingerprint density at radius 3 is 2.69 bits per heavy atom. The predicted octanol–water partition coefficient (Wildman–Crippen LogP) is 1.46. The van der Waals surface area contributed by atoms with Gasteiger partial charge in [0.15, 0.2) is 0 Å². The first-order chi connectivity index (χ1) is 12.5. The fourth-order valence-electron chi connectivity index (χ4n) is 3.02. The summed E-state index contributed by atoms with van der Waals surface area (Å²) >= 11 is 0. The molecule has 0 aliphatic carbocycles. The summed E-state index contributed by atoms with van der Waals surface area (Å²) in [5.41, 5.74) is 0. The van der Waals surface area contributed by atoms with Crippen LogP contribution in [0.2, 0.25) is 0 Å². The van der Waals surface area contributed by atoms with E-state index in [2.05, 4.69) is 10.6 Å². The molecule has 1 heterocycles. The third-order valence-electron chi connectivity index (χ3n) is 4.83. The molecule has 0 saturated carbocycles. The molecule has 0 aromatic rings. The van der Waals surface area contributed by atoms with Gasteiger partial charge in [0.25, 0.3) is 0 Å². The van der Waals surface area contributed by atoms with Crippen molar-refractivity contribution >= 4 is 17.8 Å². The molecule has 1 fully saturated rings. The summed E-state index contributed by atoms with van der Waals surface area (Å²) in [7, 11) is 0. The van der Waals surface area contributed by atoms with Crippen LogP contribution < -0.4 is 10.6 Å². The van der Waals surface area contributed by atoms with Crippen LogP contribution in [0.3, 0.4) is 0 Å². The van der Waals surface area contributed by atoms with E-state index in [1.165, 1.54) is 0 Å². The average Bonchev–Trinajstić information content (AvgIpc) is 2.83. The van der Waals surface area contributed by atoms with Crippen molar-refractivity contribution in [1.29, 1.82) is 0 Å². The van der Waals surface area contributed by atoms with Crippen molar-refractivity contribution in [2.24, 2.45) is 5.92 Å². The molecule has 1 saturated heterocycles. The van der Waals surface area contributed by atoms with E-state index in [0.717, 1.165) is 38.6 Å². The van der Waals surface area contributed by atoms with Gasteiger partial charge >= 0.3 is 5.97 Å². The zero-order chi connectivity index (χ0) is 19.4. The second kappa shape index (κ2) is 12.7. The maximum atomic E-state index is 12.0. The molecule has 2 atom stereocenters. The summed E-state index contributed by atoms with van der Waals surface area (Å²) < 4.78 is 5.07. The zero-order valence-electron chi connectivity index (χ0n) is 16.5. The highest BCUT2D eigenvalue weighted by molar-refractivity contribution is 5.80. The van der Waals surface area contributed by atoms with Gasteiger partial charge in [0, 0.05) is 26.1 Å². The van der Waals surface area contributed by atoms with E-state index in [1.54, 1.807) is 6.92 Å². The highest BCUT2D eigenvalue weighted by Crippen LogP contribution is 2.11. The maximum absolute atomic E-state index is 12.0. The lowest BCUT2D eigenvalue weighted by Gasteiger charge is -2.22. The van der Waals surface area contributed by atoms with Crippen molar-refractivity contribution in [3.63, 3.8) is 0 Å². The summed E-state index contributed by atoms with van der Waals surface area (Å²) in [6.45, 7) is 8.18. The van der Waals surface area contributed by atoms with E-state index in [4.69, 9.17) is 4.74 Å². The molecular weight excluding hydrogens is 334 g/mol. The van der Waals surface area contributed by atoms with Crippen molar-refractivity contribution in [3.8, 4) is 0 Å². The lowest BCUT2D eigenvalue weighted by Crippen LogP contribution is -2.47. The van der Waals surface area contributed by atoms with Crippen LogP contribution in [0.15, 0.2) is 0 Å². The predicted molar refractivity (Wildman–Crippen MR) is 101 cm³/mol. The third kappa shape index (κ3) is 8.17. The summed E-state index contributed by atoms with van der Waals surface area (Å²) in [5, 5.41) is 5.85. The van der Waals surface area contributed by atoms with Crippen molar-refractivity contribution in [2.75, 3.05) is 32.8 Å². The lowest BCUT2D eigenvalue weighted by molar-refractivity contribution is -0.147. The Bertz CT molecular complexity index is 456. The second-order valence-electron chi connectivity index (χ2n) is 6.89. The van der Waals surface area contributed by atoms with Gasteiger partial charge in [0.1, 0.15) is 6.04 Å². The van der Waals surface area contributed by atoms with Crippen LogP contribution in [0, 0.1) is 5.92 Å². The van der Waals surface area contributed by atoms with Crippen molar-refractivity contribution in [1.82, 2.24) is 15.5 Å². The van der Waals surface area contributed by atoms with Crippen LogP contribution in [0.1, 0.15) is 59.3 Å². The number of carbonyl (C=O) groups excluding carboxylic acids is 3. The molecule has 0 unspecified atom stereocenters. The van der Waals surface area contributed by atoms with E-state index in [-0.39, 0.29) is 30.2 Å². The standard InChI is InChI=1S/C19H35N3O4/c1-4-15(3)18(19(25)26-5-2)21-14-16(23)20-11-9-13-22-12-8-6-7-10-17(22)24/h15,18,21H,4-14H2,1-3H3,(H,20,23)/t15-,18+/m0/s1. The van der Waals surface area contributed by atoms with Crippen molar-refractivity contribution in [2.45, 2.75) is 65.3 Å². The normalized spacial score (nSPS) is 17.3. The van der Waals surface area contributed by atoms with E-state index in [0.29, 0.717) is 26.1 Å². The van der Waals surface area contributed by atoms with E-state index >= 15 is 0 Å². The smallest absolute Gasteiger partial charge is 0.323 e. The largest absolute Gasteiger partial charge is 0.465 e. The molecule has 2 N–H and O–H groups in total. The quantitative estimate of drug-likeness (QED) is 0.425. The number of hydrogen-bond acceptors (Lipinski definition) is 5. The van der Waals surface area contributed by atoms with Gasteiger partial charge in [-0.25, -0.2) is 0 Å². The number of amides is 2. The molecule has 150 valence electrons. The Morgan fingerprint density at radius 2 is 2.00 bits per heavy atom. The van der Waals surface area contributed by atoms with Crippen LogP contribution in [-0.2, 0) is 19.1 Å². The van der Waals surface area contributed by atoms with Gasteiger partial charge in [-0.05, 0) is 32.1 Å². The molecule has 1 aliphatic rings. The summed E-state index contributed by atoms with van der Waals surface area (Å²) in [6, 6.07) is -0.472. The minimum absolute atomic E-state index is 0.0798. The van der Waals surface area contributed by atoms with Crippen LogP contribution in [-0.4, -0.2) is 61.5 Å². The van der Waals surface area contributed by atoms with Crippen LogP contribution in [0.4, 0.5) is 0 Å². The molecule has 0 bridgehead atoms. The highest BCUT2D eigenvalue weighted by atomic mass is 16.5. The fraction of sp³-hybridized carbons (Fsp3) is 0.842. The van der Waals surface area contributed by atoms with Gasteiger partial charge < -0.3 is 15.0 Å². The molecule has 0 radical (unpaired) electrons. The molecular formula is C19H35N3O4. The maximum Gasteiger partial charge on any atom is 0.323 e. The third-order valence-corrected chi connectivity index (χ3v) is 4.83. The number of carbonyl (C=O) groups is 3. The monoisotopic (exact) mass is 369 g/mol. The van der Waals surface area contributed by atoms with Gasteiger partial charge in [-0.3, -0.25) is 19.7 Å². The van der Waals surface area contributed by atoms with Gasteiger partial charge in [0.05, 0.1) is 13.2 Å². The van der Waals surface area contributed by atoms with E-state index in [9.17, 15) is 14.4 Å². The molecule has 7 heteroatoms. The molecule has 0 spiro atoms. The minimum Gasteiger partial charge on any atom is -0.465 e. The first-order valence-corrected chi connectivity index (χ1v) is 9.94. The molecule has 0 aromatic heterocycles. The lowest BCUT2D eigenvalue weighted by atomic mass is 9.99. The van der Waals surface area contributed by atoms with Crippen LogP contribution in [0.5, 0.6) is 0 Å². The molecule has 7 nitrogen and oxygen atoms in total. The Kier molecular flexibility index (Phi) is 10.9. The first-order valence-electron chi connectivity index (χ1n) is 9.94. The van der Waals surface area contributed by atoms with Gasteiger partial charge in [-0.2, -0.15) is 0 Å². The van der Waals surface area contributed by atoms with Crippen LogP contribution >= 0.6 is 0 Å². The number of likely N-dealkylation sites (tertiary alicyclic amines) is 1. The number of ether oxygens (including phenoxy) is 1. The number of nitrogens with one attached hydrogen (secondary N) is 2. The number of rotatable bonds is 11.